The molecule has 0 bridgehead atoms. The normalized spacial score (nSPS) is 14.1. The zero-order chi connectivity index (χ0) is 17.1. The van der Waals surface area contributed by atoms with E-state index in [0.717, 1.165) is 34.4 Å². The van der Waals surface area contributed by atoms with Crippen molar-refractivity contribution in [1.29, 1.82) is 0 Å². The van der Waals surface area contributed by atoms with Crippen LogP contribution in [0.15, 0.2) is 72.5 Å². The summed E-state index contributed by atoms with van der Waals surface area (Å²) in [7, 11) is 2.06. The molecular formula is C22H24BrNO. The van der Waals surface area contributed by atoms with E-state index in [9.17, 15) is 5.11 Å². The molecule has 1 heterocycles. The van der Waals surface area contributed by atoms with Crippen LogP contribution in [0, 0.1) is 13.8 Å². The predicted octanol–water partition coefficient (Wildman–Crippen LogP) is 5.40. The maximum atomic E-state index is 10.4. The van der Waals surface area contributed by atoms with E-state index in [2.05, 4.69) is 67.6 Å². The molecule has 0 fully saturated rings. The van der Waals surface area contributed by atoms with Gasteiger partial charge in [0.1, 0.15) is 5.75 Å². The van der Waals surface area contributed by atoms with Gasteiger partial charge >= 0.3 is 0 Å². The lowest BCUT2D eigenvalue weighted by molar-refractivity contribution is 0.473. The average Bonchev–Trinajstić information content (AvgIpc) is 2.58. The van der Waals surface area contributed by atoms with Crippen molar-refractivity contribution in [3.05, 3.63) is 94.7 Å². The van der Waals surface area contributed by atoms with Gasteiger partial charge in [-0.15, -0.1) is 17.0 Å². The first-order valence-electron chi connectivity index (χ1n) is 8.20. The van der Waals surface area contributed by atoms with Crippen LogP contribution < -0.4 is 0 Å². The molecule has 1 aliphatic heterocycles. The highest BCUT2D eigenvalue weighted by Crippen LogP contribution is 2.32. The zero-order valence-electron chi connectivity index (χ0n) is 14.9. The second kappa shape index (κ2) is 8.21. The Balaban J connectivity index is 0.00000225. The van der Waals surface area contributed by atoms with Gasteiger partial charge < -0.3 is 10.0 Å². The summed E-state index contributed by atoms with van der Waals surface area (Å²) in [5.74, 6) is 0.310. The molecule has 25 heavy (non-hydrogen) atoms. The highest BCUT2D eigenvalue weighted by atomic mass is 79.9. The topological polar surface area (TPSA) is 23.5 Å². The number of hydrogen-bond acceptors (Lipinski definition) is 2. The third-order valence-corrected chi connectivity index (χ3v) is 4.25. The molecule has 2 aromatic rings. The van der Waals surface area contributed by atoms with E-state index in [1.165, 1.54) is 5.56 Å². The summed E-state index contributed by atoms with van der Waals surface area (Å²) >= 11 is 0. The third kappa shape index (κ3) is 4.64. The Morgan fingerprint density at radius 3 is 2.36 bits per heavy atom. The van der Waals surface area contributed by atoms with E-state index in [4.69, 9.17) is 0 Å². The fourth-order valence-electron chi connectivity index (χ4n) is 2.78. The minimum atomic E-state index is 0. The van der Waals surface area contributed by atoms with Gasteiger partial charge in [-0.2, -0.15) is 0 Å². The molecule has 130 valence electrons. The van der Waals surface area contributed by atoms with Crippen molar-refractivity contribution in [2.75, 3.05) is 13.6 Å². The molecule has 1 aliphatic rings. The van der Waals surface area contributed by atoms with Crippen LogP contribution in [0.4, 0.5) is 0 Å². The summed E-state index contributed by atoms with van der Waals surface area (Å²) < 4.78 is 0. The number of aryl methyl sites for hydroxylation is 2. The molecule has 2 aromatic carbocycles. The molecule has 0 saturated heterocycles. The Labute approximate surface area is 160 Å². The predicted molar refractivity (Wildman–Crippen MR) is 111 cm³/mol. The number of phenols is 1. The lowest BCUT2D eigenvalue weighted by Crippen LogP contribution is -2.13. The van der Waals surface area contributed by atoms with Crippen LogP contribution >= 0.6 is 17.0 Å². The number of benzene rings is 2. The van der Waals surface area contributed by atoms with Gasteiger partial charge in [0.25, 0.3) is 0 Å². The number of nitrogens with zero attached hydrogens (tertiary/aromatic N) is 1. The van der Waals surface area contributed by atoms with Crippen molar-refractivity contribution in [2.24, 2.45) is 0 Å². The third-order valence-electron chi connectivity index (χ3n) is 4.25. The van der Waals surface area contributed by atoms with Crippen LogP contribution in [-0.4, -0.2) is 23.6 Å². The van der Waals surface area contributed by atoms with E-state index in [0.29, 0.717) is 5.75 Å². The molecule has 0 unspecified atom stereocenters. The van der Waals surface area contributed by atoms with Gasteiger partial charge in [0, 0.05) is 19.2 Å². The SMILES string of the molecule is Br.Cc1ccc(/C(=C\C2=CCN(C)C=C2)c2cc(C)ccc2O)cc1. The molecule has 0 atom stereocenters. The minimum absolute atomic E-state index is 0. The van der Waals surface area contributed by atoms with Crippen LogP contribution in [-0.2, 0) is 0 Å². The second-order valence-electron chi connectivity index (χ2n) is 6.40. The summed E-state index contributed by atoms with van der Waals surface area (Å²) in [5.41, 5.74) is 6.53. The van der Waals surface area contributed by atoms with E-state index in [1.807, 2.05) is 19.1 Å². The van der Waals surface area contributed by atoms with Gasteiger partial charge in [-0.25, -0.2) is 0 Å². The average molecular weight is 398 g/mol. The van der Waals surface area contributed by atoms with Crippen molar-refractivity contribution >= 4 is 22.6 Å². The molecule has 2 nitrogen and oxygen atoms in total. The first-order valence-corrected chi connectivity index (χ1v) is 8.20. The number of likely N-dealkylation sites (N-methyl/N-ethyl adjacent to an activating group) is 1. The Hall–Kier alpha value is -2.26. The number of halogens is 1. The van der Waals surface area contributed by atoms with Crippen LogP contribution in [0.1, 0.15) is 22.3 Å². The molecule has 0 spiro atoms. The van der Waals surface area contributed by atoms with Crippen molar-refractivity contribution in [2.45, 2.75) is 13.8 Å². The van der Waals surface area contributed by atoms with Crippen molar-refractivity contribution in [3.8, 4) is 5.75 Å². The largest absolute Gasteiger partial charge is 0.507 e. The molecular weight excluding hydrogens is 374 g/mol. The molecule has 3 rings (SSSR count). The fourth-order valence-corrected chi connectivity index (χ4v) is 2.78. The fraction of sp³-hybridized carbons (Fsp3) is 0.182. The standard InChI is InChI=1S/C22H23NO.BrH/c1-16-4-7-19(8-5-16)20(15-18-10-12-23(3)13-11-18)21-14-17(2)6-9-22(21)24;/h4-12,14-15,24H,13H2,1-3H3;1H/b20-15+;. The van der Waals surface area contributed by atoms with Crippen LogP contribution in [0.3, 0.4) is 0 Å². The quantitative estimate of drug-likeness (QED) is 0.748. The van der Waals surface area contributed by atoms with Crippen LogP contribution in [0.2, 0.25) is 0 Å². The summed E-state index contributed by atoms with van der Waals surface area (Å²) in [5, 5.41) is 10.4. The van der Waals surface area contributed by atoms with E-state index >= 15 is 0 Å². The highest BCUT2D eigenvalue weighted by Gasteiger charge is 2.11. The Bertz CT molecular complexity index is 832. The lowest BCUT2D eigenvalue weighted by atomic mass is 9.93. The van der Waals surface area contributed by atoms with E-state index < -0.39 is 0 Å². The van der Waals surface area contributed by atoms with Gasteiger partial charge in [0.2, 0.25) is 0 Å². The van der Waals surface area contributed by atoms with E-state index in [1.54, 1.807) is 6.07 Å². The smallest absolute Gasteiger partial charge is 0.123 e. The van der Waals surface area contributed by atoms with Crippen LogP contribution in [0.5, 0.6) is 5.75 Å². The monoisotopic (exact) mass is 397 g/mol. The van der Waals surface area contributed by atoms with Crippen molar-refractivity contribution in [3.63, 3.8) is 0 Å². The van der Waals surface area contributed by atoms with Gasteiger partial charge in [-0.05, 0) is 61.0 Å². The summed E-state index contributed by atoms with van der Waals surface area (Å²) in [6.07, 6.45) is 8.53. The number of hydrogen-bond donors (Lipinski definition) is 1. The maximum Gasteiger partial charge on any atom is 0.123 e. The van der Waals surface area contributed by atoms with Gasteiger partial charge in [0.05, 0.1) is 0 Å². The van der Waals surface area contributed by atoms with Crippen molar-refractivity contribution < 1.29 is 5.11 Å². The van der Waals surface area contributed by atoms with Gasteiger partial charge in [0.15, 0.2) is 0 Å². The minimum Gasteiger partial charge on any atom is -0.507 e. The second-order valence-corrected chi connectivity index (χ2v) is 6.40. The first kappa shape index (κ1) is 19.1. The number of phenolic OH excluding ortho intramolecular Hbond substituents is 1. The molecule has 0 saturated carbocycles. The molecule has 0 radical (unpaired) electrons. The number of aromatic hydroxyl groups is 1. The molecule has 0 aromatic heterocycles. The maximum absolute atomic E-state index is 10.4. The van der Waals surface area contributed by atoms with Crippen LogP contribution in [0.25, 0.3) is 5.57 Å². The zero-order valence-corrected chi connectivity index (χ0v) is 16.6. The highest BCUT2D eigenvalue weighted by molar-refractivity contribution is 8.93. The van der Waals surface area contributed by atoms with E-state index in [-0.39, 0.29) is 17.0 Å². The number of rotatable bonds is 3. The van der Waals surface area contributed by atoms with Gasteiger partial charge in [-0.3, -0.25) is 0 Å². The molecule has 0 amide bonds. The molecule has 0 aliphatic carbocycles. The Morgan fingerprint density at radius 2 is 1.72 bits per heavy atom. The molecule has 3 heteroatoms. The van der Waals surface area contributed by atoms with Crippen molar-refractivity contribution in [1.82, 2.24) is 4.90 Å². The summed E-state index contributed by atoms with van der Waals surface area (Å²) in [4.78, 5) is 2.13. The summed E-state index contributed by atoms with van der Waals surface area (Å²) in [6.45, 7) is 5.02. The first-order chi connectivity index (χ1) is 11.5. The number of allylic oxidation sites excluding steroid dienone is 3. The molecule has 1 N–H and O–H groups in total. The summed E-state index contributed by atoms with van der Waals surface area (Å²) in [6, 6.07) is 14.2. The van der Waals surface area contributed by atoms with Gasteiger partial charge in [-0.1, -0.05) is 47.5 Å². The lowest BCUT2D eigenvalue weighted by Gasteiger charge is -2.17. The Kier molecular flexibility index (Phi) is 6.27. The Morgan fingerprint density at radius 1 is 1.04 bits per heavy atom.